The predicted molar refractivity (Wildman–Crippen MR) is 125 cm³/mol. The Balaban J connectivity index is 1.36. The van der Waals surface area contributed by atoms with E-state index in [2.05, 4.69) is 20.5 Å². The van der Waals surface area contributed by atoms with Crippen molar-refractivity contribution < 1.29 is 18.8 Å². The summed E-state index contributed by atoms with van der Waals surface area (Å²) >= 11 is 1.30. The number of rotatable bonds is 6. The van der Waals surface area contributed by atoms with Crippen LogP contribution in [0.15, 0.2) is 24.3 Å². The minimum Gasteiger partial charge on any atom is -0.352 e. The summed E-state index contributed by atoms with van der Waals surface area (Å²) in [6.45, 7) is 4.50. The van der Waals surface area contributed by atoms with Gasteiger partial charge in [0, 0.05) is 45.6 Å². The highest BCUT2D eigenvalue weighted by Crippen LogP contribution is 2.34. The van der Waals surface area contributed by atoms with Crippen molar-refractivity contribution in [3.05, 3.63) is 40.5 Å². The van der Waals surface area contributed by atoms with Gasteiger partial charge in [-0.1, -0.05) is 23.5 Å². The molecule has 0 bridgehead atoms. The lowest BCUT2D eigenvalue weighted by atomic mass is 9.96. The van der Waals surface area contributed by atoms with Crippen molar-refractivity contribution in [2.24, 2.45) is 5.92 Å². The van der Waals surface area contributed by atoms with E-state index in [1.165, 1.54) is 30.4 Å². The Bertz CT molecular complexity index is 1010. The molecule has 10 heteroatoms. The van der Waals surface area contributed by atoms with Gasteiger partial charge in [0.15, 0.2) is 10.9 Å². The van der Waals surface area contributed by atoms with Gasteiger partial charge in [-0.3, -0.25) is 14.4 Å². The summed E-state index contributed by atoms with van der Waals surface area (Å²) in [5, 5.41) is 6.32. The topological polar surface area (TPSA) is 94.6 Å². The number of benzene rings is 1. The second-order valence-electron chi connectivity index (χ2n) is 8.46. The van der Waals surface area contributed by atoms with Crippen molar-refractivity contribution in [3.8, 4) is 0 Å². The van der Waals surface area contributed by atoms with E-state index in [0.717, 1.165) is 31.5 Å². The lowest BCUT2D eigenvalue weighted by molar-refractivity contribution is -0.125. The van der Waals surface area contributed by atoms with Crippen LogP contribution in [0.25, 0.3) is 0 Å². The third-order valence-corrected chi connectivity index (χ3v) is 7.12. The Morgan fingerprint density at radius 1 is 1.09 bits per heavy atom. The molecule has 8 nitrogen and oxygen atoms in total. The first-order chi connectivity index (χ1) is 15.9. The molecule has 0 radical (unpaired) electrons. The fourth-order valence-corrected chi connectivity index (χ4v) is 5.21. The van der Waals surface area contributed by atoms with Crippen molar-refractivity contribution in [3.63, 3.8) is 0 Å². The number of carbonyl (C=O) groups is 3. The fraction of sp³-hybridized carbons (Fsp3) is 0.478. The van der Waals surface area contributed by atoms with Gasteiger partial charge < -0.3 is 20.4 Å². The number of likely N-dealkylation sites (tertiary alicyclic amines) is 1. The molecule has 2 saturated heterocycles. The summed E-state index contributed by atoms with van der Waals surface area (Å²) in [7, 11) is 0. The lowest BCUT2D eigenvalue weighted by Crippen LogP contribution is -2.40. The number of halogens is 1. The second-order valence-corrected chi connectivity index (χ2v) is 9.44. The quantitative estimate of drug-likeness (QED) is 0.673. The third-order valence-electron chi connectivity index (χ3n) is 6.01. The van der Waals surface area contributed by atoms with Gasteiger partial charge in [-0.2, -0.15) is 0 Å². The van der Waals surface area contributed by atoms with Crippen LogP contribution in [0, 0.1) is 11.7 Å². The number of hydrogen-bond acceptors (Lipinski definition) is 6. The first-order valence-electron chi connectivity index (χ1n) is 11.3. The monoisotopic (exact) mass is 473 g/mol. The van der Waals surface area contributed by atoms with E-state index in [-0.39, 0.29) is 29.5 Å². The maximum Gasteiger partial charge on any atom is 0.267 e. The third kappa shape index (κ3) is 5.68. The SMILES string of the molecule is CC(=O)Nc1nc(N2CCC(C(=O)NCc3ccc(F)cc3)CC2)sc1C(=O)N1CCCC1. The van der Waals surface area contributed by atoms with Crippen molar-refractivity contribution in [2.45, 2.75) is 39.2 Å². The molecule has 3 heterocycles. The molecule has 1 aromatic carbocycles. The van der Waals surface area contributed by atoms with Gasteiger partial charge in [-0.15, -0.1) is 0 Å². The number of amides is 3. The summed E-state index contributed by atoms with van der Waals surface area (Å²) in [4.78, 5) is 46.1. The van der Waals surface area contributed by atoms with Crippen LogP contribution < -0.4 is 15.5 Å². The van der Waals surface area contributed by atoms with Gasteiger partial charge in [-0.05, 0) is 43.4 Å². The van der Waals surface area contributed by atoms with E-state index < -0.39 is 0 Å². The molecular weight excluding hydrogens is 445 g/mol. The fourth-order valence-electron chi connectivity index (χ4n) is 4.17. The maximum atomic E-state index is 13.0. The maximum absolute atomic E-state index is 13.0. The molecule has 0 saturated carbocycles. The lowest BCUT2D eigenvalue weighted by Gasteiger charge is -2.31. The number of thiazole rings is 1. The van der Waals surface area contributed by atoms with Crippen molar-refractivity contribution in [2.75, 3.05) is 36.4 Å². The molecule has 2 fully saturated rings. The molecule has 3 amide bonds. The minimum absolute atomic E-state index is 0.0121. The number of anilines is 2. The van der Waals surface area contributed by atoms with Crippen molar-refractivity contribution in [1.29, 1.82) is 0 Å². The summed E-state index contributed by atoms with van der Waals surface area (Å²) in [6, 6.07) is 6.08. The Morgan fingerprint density at radius 2 is 1.76 bits per heavy atom. The van der Waals surface area contributed by atoms with E-state index in [1.54, 1.807) is 17.0 Å². The molecule has 2 aliphatic heterocycles. The number of nitrogens with zero attached hydrogens (tertiary/aromatic N) is 3. The first-order valence-corrected chi connectivity index (χ1v) is 12.1. The van der Waals surface area contributed by atoms with E-state index in [0.29, 0.717) is 48.3 Å². The summed E-state index contributed by atoms with van der Waals surface area (Å²) in [5.41, 5.74) is 0.852. The number of nitrogens with one attached hydrogen (secondary N) is 2. The van der Waals surface area contributed by atoms with Gasteiger partial charge in [0.1, 0.15) is 10.7 Å². The second kappa shape index (κ2) is 10.3. The molecule has 0 atom stereocenters. The predicted octanol–water partition coefficient (Wildman–Crippen LogP) is 3.01. The van der Waals surface area contributed by atoms with Gasteiger partial charge in [0.05, 0.1) is 0 Å². The normalized spacial score (nSPS) is 16.7. The average Bonchev–Trinajstić information content (AvgIpc) is 3.48. The van der Waals surface area contributed by atoms with Crippen molar-refractivity contribution in [1.82, 2.24) is 15.2 Å². The Labute approximate surface area is 196 Å². The van der Waals surface area contributed by atoms with E-state index in [4.69, 9.17) is 0 Å². The van der Waals surface area contributed by atoms with E-state index in [1.807, 2.05) is 0 Å². The molecule has 0 spiro atoms. The van der Waals surface area contributed by atoms with Crippen LogP contribution in [0.2, 0.25) is 0 Å². The highest BCUT2D eigenvalue weighted by molar-refractivity contribution is 7.18. The van der Waals surface area contributed by atoms with Gasteiger partial charge in [0.2, 0.25) is 11.8 Å². The van der Waals surface area contributed by atoms with Crippen LogP contribution in [0.3, 0.4) is 0 Å². The number of aromatic nitrogens is 1. The molecule has 0 aliphatic carbocycles. The number of carbonyl (C=O) groups excluding carboxylic acids is 3. The average molecular weight is 474 g/mol. The van der Waals surface area contributed by atoms with Gasteiger partial charge in [0.25, 0.3) is 5.91 Å². The van der Waals surface area contributed by atoms with E-state index in [9.17, 15) is 18.8 Å². The number of piperidine rings is 1. The molecule has 2 aromatic rings. The molecule has 33 heavy (non-hydrogen) atoms. The molecule has 2 N–H and O–H groups in total. The molecule has 2 aliphatic rings. The molecule has 4 rings (SSSR count). The zero-order chi connectivity index (χ0) is 23.4. The Hall–Kier alpha value is -3.01. The molecule has 176 valence electrons. The zero-order valence-electron chi connectivity index (χ0n) is 18.6. The van der Waals surface area contributed by atoms with E-state index >= 15 is 0 Å². The van der Waals surface area contributed by atoms with Crippen molar-refractivity contribution >= 4 is 40.0 Å². The van der Waals surface area contributed by atoms with Crippen LogP contribution in [-0.4, -0.2) is 53.8 Å². The van der Waals surface area contributed by atoms with Crippen LogP contribution in [0.1, 0.15) is 47.8 Å². The largest absolute Gasteiger partial charge is 0.352 e. The summed E-state index contributed by atoms with van der Waals surface area (Å²) < 4.78 is 13.0. The minimum atomic E-state index is -0.299. The van der Waals surface area contributed by atoms with Crippen LogP contribution >= 0.6 is 11.3 Å². The highest BCUT2D eigenvalue weighted by atomic mass is 32.1. The number of hydrogen-bond donors (Lipinski definition) is 2. The zero-order valence-corrected chi connectivity index (χ0v) is 19.4. The highest BCUT2D eigenvalue weighted by Gasteiger charge is 2.30. The standard InChI is InChI=1S/C23H28FN5O3S/c1-15(30)26-20-19(22(32)28-10-2-3-11-28)33-23(27-20)29-12-8-17(9-13-29)21(31)25-14-16-4-6-18(24)7-5-16/h4-7,17H,2-3,8-14H2,1H3,(H,25,31)(H,26,30). The van der Waals surface area contributed by atoms with Crippen LogP contribution in [-0.2, 0) is 16.1 Å². The van der Waals surface area contributed by atoms with Crippen LogP contribution in [0.4, 0.5) is 15.3 Å². The van der Waals surface area contributed by atoms with Crippen LogP contribution in [0.5, 0.6) is 0 Å². The first kappa shape index (κ1) is 23.2. The van der Waals surface area contributed by atoms with Gasteiger partial charge >= 0.3 is 0 Å². The summed E-state index contributed by atoms with van der Waals surface area (Å²) in [6.07, 6.45) is 3.31. The Morgan fingerprint density at radius 3 is 2.39 bits per heavy atom. The Kier molecular flexibility index (Phi) is 7.22. The smallest absolute Gasteiger partial charge is 0.267 e. The summed E-state index contributed by atoms with van der Waals surface area (Å²) in [5.74, 6) is -0.455. The molecule has 0 unspecified atom stereocenters. The molecule has 1 aromatic heterocycles. The molecular formula is C23H28FN5O3S. The van der Waals surface area contributed by atoms with Gasteiger partial charge in [-0.25, -0.2) is 9.37 Å².